The Morgan fingerprint density at radius 2 is 1.61 bits per heavy atom. The van der Waals surface area contributed by atoms with Crippen molar-refractivity contribution in [2.24, 2.45) is 0 Å². The summed E-state index contributed by atoms with van der Waals surface area (Å²) in [6.45, 7) is 1.28. The second-order valence-electron chi connectivity index (χ2n) is 3.63. The van der Waals surface area contributed by atoms with Crippen LogP contribution in [0.25, 0.3) is 0 Å². The van der Waals surface area contributed by atoms with E-state index in [-0.39, 0.29) is 0 Å². The lowest BCUT2D eigenvalue weighted by atomic mass is 10.2. The fourth-order valence-corrected chi connectivity index (χ4v) is 3.23. The Morgan fingerprint density at radius 3 is 2.28 bits per heavy atom. The van der Waals surface area contributed by atoms with Gasteiger partial charge in [-0.05, 0) is 24.3 Å². The monoisotopic (exact) mass is 339 g/mol. The van der Waals surface area contributed by atoms with Crippen molar-refractivity contribution in [3.8, 4) is 0 Å². The first-order chi connectivity index (χ1) is 8.58. The van der Waals surface area contributed by atoms with Gasteiger partial charge in [0, 0.05) is 28.6 Å². The molecule has 0 fully saturated rings. The molecule has 18 heavy (non-hydrogen) atoms. The van der Waals surface area contributed by atoms with Crippen LogP contribution >= 0.6 is 57.7 Å². The molecule has 0 aliphatic rings. The Balaban J connectivity index is 2.00. The largest absolute Gasteiger partial charge is 0.308 e. The lowest BCUT2D eigenvalue weighted by molar-refractivity contribution is 0.701. The molecule has 0 unspecified atom stereocenters. The molecule has 0 bridgehead atoms. The molecule has 0 saturated heterocycles. The van der Waals surface area contributed by atoms with Gasteiger partial charge in [-0.3, -0.25) is 0 Å². The highest BCUT2D eigenvalue weighted by molar-refractivity contribution is 7.16. The van der Waals surface area contributed by atoms with Gasteiger partial charge >= 0.3 is 0 Å². The van der Waals surface area contributed by atoms with Crippen LogP contribution in [0.5, 0.6) is 0 Å². The van der Waals surface area contributed by atoms with Crippen molar-refractivity contribution < 1.29 is 0 Å². The van der Waals surface area contributed by atoms with Gasteiger partial charge in [-0.1, -0.05) is 46.4 Å². The van der Waals surface area contributed by atoms with E-state index in [1.807, 2.05) is 12.1 Å². The van der Waals surface area contributed by atoms with E-state index < -0.39 is 0 Å². The van der Waals surface area contributed by atoms with Gasteiger partial charge in [-0.15, -0.1) is 11.3 Å². The highest BCUT2D eigenvalue weighted by Gasteiger charge is 2.09. The van der Waals surface area contributed by atoms with Crippen molar-refractivity contribution in [1.82, 2.24) is 5.32 Å². The van der Waals surface area contributed by atoms with E-state index in [0.29, 0.717) is 21.6 Å². The molecule has 1 aromatic carbocycles. The summed E-state index contributed by atoms with van der Waals surface area (Å²) in [6, 6.07) is 7.30. The molecule has 2 rings (SSSR count). The van der Waals surface area contributed by atoms with Crippen molar-refractivity contribution >= 4 is 57.7 Å². The second kappa shape index (κ2) is 6.47. The Kier molecular flexibility index (Phi) is 5.19. The van der Waals surface area contributed by atoms with E-state index in [4.69, 9.17) is 46.4 Å². The van der Waals surface area contributed by atoms with E-state index in [2.05, 4.69) is 5.32 Å². The van der Waals surface area contributed by atoms with Crippen LogP contribution in [0.15, 0.2) is 24.3 Å². The zero-order valence-electron chi connectivity index (χ0n) is 9.14. The maximum atomic E-state index is 6.11. The summed E-state index contributed by atoms with van der Waals surface area (Å²) in [7, 11) is 0. The van der Waals surface area contributed by atoms with Crippen molar-refractivity contribution in [1.29, 1.82) is 0 Å². The zero-order valence-corrected chi connectivity index (χ0v) is 13.0. The van der Waals surface area contributed by atoms with Crippen LogP contribution in [-0.2, 0) is 13.1 Å². The van der Waals surface area contributed by atoms with Gasteiger partial charge in [0.15, 0.2) is 0 Å². The van der Waals surface area contributed by atoms with Crippen molar-refractivity contribution in [3.63, 3.8) is 0 Å². The highest BCUT2D eigenvalue weighted by atomic mass is 35.5. The summed E-state index contributed by atoms with van der Waals surface area (Å²) in [5.41, 5.74) is 0.813. The van der Waals surface area contributed by atoms with Crippen LogP contribution in [0, 0.1) is 0 Å². The normalized spacial score (nSPS) is 10.9. The van der Waals surface area contributed by atoms with Crippen molar-refractivity contribution in [2.45, 2.75) is 13.1 Å². The van der Waals surface area contributed by atoms with Crippen molar-refractivity contribution in [3.05, 3.63) is 54.1 Å². The third-order valence-corrected chi connectivity index (χ3v) is 4.80. The molecule has 0 aliphatic heterocycles. The topological polar surface area (TPSA) is 12.0 Å². The molecule has 96 valence electrons. The number of hydrogen-bond acceptors (Lipinski definition) is 2. The number of hydrogen-bond donors (Lipinski definition) is 1. The maximum absolute atomic E-state index is 6.11. The minimum Gasteiger partial charge on any atom is -0.308 e. The number of rotatable bonds is 4. The Morgan fingerprint density at radius 1 is 0.889 bits per heavy atom. The first-order valence-corrected chi connectivity index (χ1v) is 7.48. The average molecular weight is 341 g/mol. The predicted molar refractivity (Wildman–Crippen MR) is 81.3 cm³/mol. The van der Waals surface area contributed by atoms with Gasteiger partial charge in [0.1, 0.15) is 0 Å². The molecule has 0 aliphatic carbocycles. The number of nitrogens with one attached hydrogen (secondary N) is 1. The minimum absolute atomic E-state index is 0.501. The molecule has 1 N–H and O–H groups in total. The molecule has 1 aromatic heterocycles. The van der Waals surface area contributed by atoms with E-state index in [1.54, 1.807) is 23.5 Å². The van der Waals surface area contributed by atoms with Crippen LogP contribution in [-0.4, -0.2) is 0 Å². The minimum atomic E-state index is 0.501. The van der Waals surface area contributed by atoms with Crippen LogP contribution in [0.4, 0.5) is 0 Å². The SMILES string of the molecule is Clc1ccc(CNCc2c(Cl)ccc(Cl)c2Cl)s1. The summed E-state index contributed by atoms with van der Waals surface area (Å²) >= 11 is 25.6. The van der Waals surface area contributed by atoms with Gasteiger partial charge < -0.3 is 5.32 Å². The van der Waals surface area contributed by atoms with E-state index >= 15 is 0 Å². The second-order valence-corrected chi connectivity index (χ2v) is 6.62. The fourth-order valence-electron chi connectivity index (χ4n) is 1.49. The molecular weight excluding hydrogens is 332 g/mol. The van der Waals surface area contributed by atoms with Crippen LogP contribution in [0.3, 0.4) is 0 Å². The third kappa shape index (κ3) is 3.53. The first-order valence-electron chi connectivity index (χ1n) is 5.15. The Labute approximate surface area is 130 Å². The zero-order chi connectivity index (χ0) is 13.1. The van der Waals surface area contributed by atoms with Gasteiger partial charge in [-0.2, -0.15) is 0 Å². The smallest absolute Gasteiger partial charge is 0.0931 e. The fraction of sp³-hybridized carbons (Fsp3) is 0.167. The number of halogens is 4. The molecule has 6 heteroatoms. The van der Waals surface area contributed by atoms with E-state index in [0.717, 1.165) is 21.3 Å². The first kappa shape index (κ1) is 14.4. The van der Waals surface area contributed by atoms with Gasteiger partial charge in [0.25, 0.3) is 0 Å². The summed E-state index contributed by atoms with van der Waals surface area (Å²) in [4.78, 5) is 1.16. The summed E-state index contributed by atoms with van der Waals surface area (Å²) in [5, 5.41) is 4.89. The van der Waals surface area contributed by atoms with Crippen LogP contribution in [0.2, 0.25) is 19.4 Å². The Hall–Kier alpha value is 0.0400. The molecular formula is C12H9Cl4NS. The number of thiophene rings is 1. The number of benzene rings is 1. The molecule has 2 aromatic rings. The van der Waals surface area contributed by atoms with Gasteiger partial charge in [0.2, 0.25) is 0 Å². The summed E-state index contributed by atoms with van der Waals surface area (Å²) < 4.78 is 0.783. The molecule has 1 nitrogen and oxygen atoms in total. The summed E-state index contributed by atoms with van der Waals surface area (Å²) in [5.74, 6) is 0. The third-order valence-electron chi connectivity index (χ3n) is 2.37. The molecule has 0 atom stereocenters. The van der Waals surface area contributed by atoms with E-state index in [9.17, 15) is 0 Å². The molecule has 0 saturated carbocycles. The molecule has 0 spiro atoms. The lowest BCUT2D eigenvalue weighted by Gasteiger charge is -2.09. The molecule has 0 radical (unpaired) electrons. The lowest BCUT2D eigenvalue weighted by Crippen LogP contribution is -2.12. The standard InChI is InChI=1S/C12H9Cl4NS/c13-9-2-3-10(14)12(16)8(9)6-17-5-7-1-4-11(15)18-7/h1-4,17H,5-6H2. The summed E-state index contributed by atoms with van der Waals surface area (Å²) in [6.07, 6.45) is 0. The maximum Gasteiger partial charge on any atom is 0.0931 e. The van der Waals surface area contributed by atoms with Crippen molar-refractivity contribution in [2.75, 3.05) is 0 Å². The van der Waals surface area contributed by atoms with E-state index in [1.165, 1.54) is 0 Å². The van der Waals surface area contributed by atoms with Crippen LogP contribution < -0.4 is 5.32 Å². The molecule has 0 amide bonds. The van der Waals surface area contributed by atoms with Crippen LogP contribution in [0.1, 0.15) is 10.4 Å². The van der Waals surface area contributed by atoms with Gasteiger partial charge in [-0.25, -0.2) is 0 Å². The highest BCUT2D eigenvalue weighted by Crippen LogP contribution is 2.31. The molecule has 1 heterocycles. The average Bonchev–Trinajstić information content (AvgIpc) is 2.74. The predicted octanol–water partition coefficient (Wildman–Crippen LogP) is 5.65. The quantitative estimate of drug-likeness (QED) is 0.709. The Bertz CT molecular complexity index is 553. The van der Waals surface area contributed by atoms with Gasteiger partial charge in [0.05, 0.1) is 14.4 Å².